The molecule has 0 spiro atoms. The van der Waals surface area contributed by atoms with E-state index in [1.165, 1.54) is 10.9 Å². The second-order valence-corrected chi connectivity index (χ2v) is 6.07. The normalized spacial score (nSPS) is 10.9. The highest BCUT2D eigenvalue weighted by Gasteiger charge is 2.12. The number of rotatable bonds is 4. The molecule has 2 aromatic heterocycles. The maximum atomic E-state index is 12.8. The predicted molar refractivity (Wildman–Crippen MR) is 99.8 cm³/mol. The van der Waals surface area contributed by atoms with Gasteiger partial charge < -0.3 is 9.84 Å². The molecular formula is C20H16N4O3. The molecule has 27 heavy (non-hydrogen) atoms. The van der Waals surface area contributed by atoms with Crippen molar-refractivity contribution in [2.75, 3.05) is 0 Å². The predicted octanol–water partition coefficient (Wildman–Crippen LogP) is 2.61. The van der Waals surface area contributed by atoms with Crippen molar-refractivity contribution in [3.63, 3.8) is 0 Å². The molecule has 0 aliphatic carbocycles. The lowest BCUT2D eigenvalue weighted by molar-refractivity contribution is 0.0950. The lowest BCUT2D eigenvalue weighted by atomic mass is 10.1. The van der Waals surface area contributed by atoms with Crippen LogP contribution in [0.25, 0.3) is 16.5 Å². The Bertz CT molecular complexity index is 1180. The zero-order valence-electron chi connectivity index (χ0n) is 14.5. The number of fused-ring (bicyclic) bond motifs is 1. The van der Waals surface area contributed by atoms with Gasteiger partial charge >= 0.3 is 0 Å². The molecule has 7 heteroatoms. The fourth-order valence-corrected chi connectivity index (χ4v) is 2.90. The quantitative estimate of drug-likeness (QED) is 0.604. The van der Waals surface area contributed by atoms with Crippen LogP contribution in [0.15, 0.2) is 70.2 Å². The van der Waals surface area contributed by atoms with Gasteiger partial charge in [0.15, 0.2) is 0 Å². The minimum atomic E-state index is -0.273. The summed E-state index contributed by atoms with van der Waals surface area (Å²) < 4.78 is 6.07. The van der Waals surface area contributed by atoms with Crippen molar-refractivity contribution in [2.24, 2.45) is 0 Å². The highest BCUT2D eigenvalue weighted by atomic mass is 16.5. The Kier molecular flexibility index (Phi) is 4.25. The van der Waals surface area contributed by atoms with Crippen molar-refractivity contribution in [2.45, 2.75) is 13.5 Å². The molecule has 0 saturated heterocycles. The van der Waals surface area contributed by atoms with E-state index >= 15 is 0 Å². The number of hydrogen-bond donors (Lipinski definition) is 1. The molecule has 4 aromatic rings. The van der Waals surface area contributed by atoms with Gasteiger partial charge in [-0.25, -0.2) is 0 Å². The zero-order valence-corrected chi connectivity index (χ0v) is 14.5. The van der Waals surface area contributed by atoms with Crippen molar-refractivity contribution in [3.8, 4) is 5.69 Å². The Morgan fingerprint density at radius 3 is 2.70 bits per heavy atom. The van der Waals surface area contributed by atoms with E-state index in [1.807, 2.05) is 25.1 Å². The molecule has 0 fully saturated rings. The molecule has 7 nitrogen and oxygen atoms in total. The van der Waals surface area contributed by atoms with Gasteiger partial charge in [0.05, 0.1) is 23.3 Å². The number of hydrogen-bond acceptors (Lipinski definition) is 5. The van der Waals surface area contributed by atoms with E-state index < -0.39 is 0 Å². The van der Waals surface area contributed by atoms with Crippen LogP contribution in [0.5, 0.6) is 0 Å². The molecule has 0 aliphatic heterocycles. The van der Waals surface area contributed by atoms with E-state index in [0.717, 1.165) is 11.1 Å². The number of aryl methyl sites for hydroxylation is 1. The third kappa shape index (κ3) is 3.22. The third-order valence-electron chi connectivity index (χ3n) is 4.26. The average Bonchev–Trinajstić information content (AvgIpc) is 3.23. The molecule has 0 radical (unpaired) electrons. The van der Waals surface area contributed by atoms with Crippen molar-refractivity contribution < 1.29 is 9.32 Å². The number of aromatic nitrogens is 3. The van der Waals surface area contributed by atoms with Crippen LogP contribution in [-0.4, -0.2) is 20.8 Å². The molecule has 0 saturated carbocycles. The molecule has 0 bridgehead atoms. The maximum absolute atomic E-state index is 12.8. The summed E-state index contributed by atoms with van der Waals surface area (Å²) in [5.41, 5.74) is 2.10. The lowest BCUT2D eigenvalue weighted by Crippen LogP contribution is -2.25. The van der Waals surface area contributed by atoms with Gasteiger partial charge in [-0.05, 0) is 31.2 Å². The Morgan fingerprint density at radius 2 is 1.93 bits per heavy atom. The van der Waals surface area contributed by atoms with Crippen molar-refractivity contribution in [1.82, 2.24) is 20.3 Å². The summed E-state index contributed by atoms with van der Waals surface area (Å²) in [6.07, 6.45) is 1.45. The molecule has 0 aliphatic rings. The SMILES string of the molecule is Cc1nn(-c2cccc(C(=O)NCc3ccon3)c2)c(=O)c2ccccc12. The van der Waals surface area contributed by atoms with Gasteiger partial charge in [0, 0.05) is 17.0 Å². The summed E-state index contributed by atoms with van der Waals surface area (Å²) in [6.45, 7) is 2.11. The molecule has 0 unspecified atom stereocenters. The Balaban J connectivity index is 1.68. The minimum Gasteiger partial charge on any atom is -0.364 e. The molecular weight excluding hydrogens is 344 g/mol. The summed E-state index contributed by atoms with van der Waals surface area (Å²) in [5.74, 6) is -0.273. The smallest absolute Gasteiger partial charge is 0.279 e. The second kappa shape index (κ2) is 6.87. The van der Waals surface area contributed by atoms with E-state index in [1.54, 1.807) is 36.4 Å². The molecule has 134 valence electrons. The first kappa shape index (κ1) is 16.7. The van der Waals surface area contributed by atoms with E-state index in [-0.39, 0.29) is 18.0 Å². The van der Waals surface area contributed by atoms with Crippen LogP contribution in [0.3, 0.4) is 0 Å². The lowest BCUT2D eigenvalue weighted by Gasteiger charge is -2.10. The molecule has 2 aromatic carbocycles. The highest BCUT2D eigenvalue weighted by Crippen LogP contribution is 2.15. The molecule has 1 N–H and O–H groups in total. The van der Waals surface area contributed by atoms with Gasteiger partial charge in [0.2, 0.25) is 0 Å². The average molecular weight is 360 g/mol. The van der Waals surface area contributed by atoms with Crippen molar-refractivity contribution in [3.05, 3.63) is 88.2 Å². The molecule has 1 amide bonds. The largest absolute Gasteiger partial charge is 0.364 e. The van der Waals surface area contributed by atoms with Crippen LogP contribution in [0.2, 0.25) is 0 Å². The van der Waals surface area contributed by atoms with E-state index in [4.69, 9.17) is 4.52 Å². The Labute approximate surface area is 154 Å². The number of carbonyl (C=O) groups excluding carboxylic acids is 1. The number of benzene rings is 2. The van der Waals surface area contributed by atoms with Gasteiger partial charge in [-0.3, -0.25) is 9.59 Å². The number of amides is 1. The molecule has 2 heterocycles. The molecule has 4 rings (SSSR count). The fourth-order valence-electron chi connectivity index (χ4n) is 2.90. The van der Waals surface area contributed by atoms with Crippen LogP contribution < -0.4 is 10.9 Å². The van der Waals surface area contributed by atoms with Crippen LogP contribution in [0.1, 0.15) is 21.7 Å². The number of nitrogens with one attached hydrogen (secondary N) is 1. The summed E-state index contributed by atoms with van der Waals surface area (Å²) in [4.78, 5) is 25.2. The van der Waals surface area contributed by atoms with E-state index in [9.17, 15) is 9.59 Å². The Morgan fingerprint density at radius 1 is 1.11 bits per heavy atom. The van der Waals surface area contributed by atoms with Gasteiger partial charge in [-0.15, -0.1) is 0 Å². The molecule has 0 atom stereocenters. The first-order valence-electron chi connectivity index (χ1n) is 8.40. The third-order valence-corrected chi connectivity index (χ3v) is 4.26. The van der Waals surface area contributed by atoms with Gasteiger partial charge in [-0.2, -0.15) is 9.78 Å². The number of nitrogens with zero attached hydrogens (tertiary/aromatic N) is 3. The highest BCUT2D eigenvalue weighted by molar-refractivity contribution is 5.94. The van der Waals surface area contributed by atoms with Gasteiger partial charge in [0.1, 0.15) is 12.0 Å². The van der Waals surface area contributed by atoms with Crippen LogP contribution in [-0.2, 0) is 6.54 Å². The van der Waals surface area contributed by atoms with Crippen LogP contribution in [0, 0.1) is 6.92 Å². The van der Waals surface area contributed by atoms with Crippen LogP contribution in [0.4, 0.5) is 0 Å². The van der Waals surface area contributed by atoms with Crippen molar-refractivity contribution >= 4 is 16.7 Å². The topological polar surface area (TPSA) is 90.0 Å². The summed E-state index contributed by atoms with van der Waals surface area (Å²) in [5, 5.41) is 12.3. The van der Waals surface area contributed by atoms with E-state index in [2.05, 4.69) is 15.6 Å². The second-order valence-electron chi connectivity index (χ2n) is 6.07. The van der Waals surface area contributed by atoms with Crippen LogP contribution >= 0.6 is 0 Å². The number of carbonyl (C=O) groups is 1. The first-order valence-corrected chi connectivity index (χ1v) is 8.40. The zero-order chi connectivity index (χ0) is 18.8. The monoisotopic (exact) mass is 360 g/mol. The fraction of sp³-hybridized carbons (Fsp3) is 0.100. The Hall–Kier alpha value is -3.74. The standard InChI is InChI=1S/C20H16N4O3/c1-13-17-7-2-3-8-18(17)20(26)24(22-13)16-6-4-5-14(11-16)19(25)21-12-15-9-10-27-23-15/h2-11H,12H2,1H3,(H,21,25). The summed E-state index contributed by atoms with van der Waals surface area (Å²) >= 11 is 0. The van der Waals surface area contributed by atoms with Gasteiger partial charge in [-0.1, -0.05) is 29.4 Å². The minimum absolute atomic E-state index is 0.226. The maximum Gasteiger partial charge on any atom is 0.279 e. The van der Waals surface area contributed by atoms with E-state index in [0.29, 0.717) is 22.3 Å². The van der Waals surface area contributed by atoms with Crippen molar-refractivity contribution in [1.29, 1.82) is 0 Å². The van der Waals surface area contributed by atoms with Gasteiger partial charge in [0.25, 0.3) is 11.5 Å². The summed E-state index contributed by atoms with van der Waals surface area (Å²) in [7, 11) is 0. The first-order chi connectivity index (χ1) is 13.1. The summed E-state index contributed by atoms with van der Waals surface area (Å²) in [6, 6.07) is 15.8.